The number of esters is 1. The van der Waals surface area contributed by atoms with Crippen LogP contribution in [0, 0.1) is 5.92 Å². The maximum atomic E-state index is 12.5. The van der Waals surface area contributed by atoms with Crippen molar-refractivity contribution in [3.05, 3.63) is 29.8 Å². The number of nitrogens with zero attached hydrogens (tertiary/aromatic N) is 1. The minimum Gasteiger partial charge on any atom is -0.465 e. The first kappa shape index (κ1) is 17.3. The van der Waals surface area contributed by atoms with E-state index in [9.17, 15) is 14.4 Å². The minimum atomic E-state index is -0.414. The van der Waals surface area contributed by atoms with Gasteiger partial charge in [0.05, 0.1) is 18.6 Å². The fourth-order valence-corrected chi connectivity index (χ4v) is 2.92. The summed E-state index contributed by atoms with van der Waals surface area (Å²) in [5.41, 5.74) is 1.05. The number of urea groups is 1. The summed E-state index contributed by atoms with van der Waals surface area (Å²) in [6, 6.07) is 6.81. The molecule has 1 aliphatic carbocycles. The second kappa shape index (κ2) is 7.55. The van der Waals surface area contributed by atoms with Gasteiger partial charge in [0.1, 0.15) is 0 Å². The van der Waals surface area contributed by atoms with Gasteiger partial charge in [0.15, 0.2) is 0 Å². The molecule has 0 aromatic heterocycles. The number of hydrogen-bond donors (Lipinski definition) is 2. The fourth-order valence-electron chi connectivity index (χ4n) is 2.92. The van der Waals surface area contributed by atoms with Crippen LogP contribution in [0.5, 0.6) is 0 Å². The van der Waals surface area contributed by atoms with E-state index < -0.39 is 5.97 Å². The van der Waals surface area contributed by atoms with Gasteiger partial charge in [-0.2, -0.15) is 0 Å². The van der Waals surface area contributed by atoms with Gasteiger partial charge in [-0.05, 0) is 49.9 Å². The first-order valence-corrected chi connectivity index (χ1v) is 8.61. The van der Waals surface area contributed by atoms with E-state index in [1.54, 1.807) is 29.2 Å². The molecule has 0 bridgehead atoms. The fraction of sp³-hybridized carbons (Fsp3) is 0.500. The van der Waals surface area contributed by atoms with E-state index in [1.165, 1.54) is 7.11 Å². The Balaban J connectivity index is 1.54. The highest BCUT2D eigenvalue weighted by Crippen LogP contribution is 2.22. The molecule has 25 heavy (non-hydrogen) atoms. The standard InChI is InChI=1S/C18H23N3O4/c1-25-17(23)12-4-6-14(7-5-12)19-16(22)13-3-2-10-21(11-13)18(24)20-15-8-9-15/h4-7,13,15H,2-3,8-11H2,1H3,(H,19,22)(H,20,24). The molecule has 1 saturated heterocycles. The Hall–Kier alpha value is -2.57. The molecule has 7 nitrogen and oxygen atoms in total. The molecule has 1 atom stereocenters. The quantitative estimate of drug-likeness (QED) is 0.817. The van der Waals surface area contributed by atoms with E-state index in [4.69, 9.17) is 0 Å². The van der Waals surface area contributed by atoms with Gasteiger partial charge < -0.3 is 20.3 Å². The molecule has 1 heterocycles. The van der Waals surface area contributed by atoms with Crippen molar-refractivity contribution in [1.82, 2.24) is 10.2 Å². The number of anilines is 1. The van der Waals surface area contributed by atoms with Crippen LogP contribution in [-0.2, 0) is 9.53 Å². The van der Waals surface area contributed by atoms with E-state index in [2.05, 4.69) is 15.4 Å². The van der Waals surface area contributed by atoms with Crippen molar-refractivity contribution in [3.8, 4) is 0 Å². The monoisotopic (exact) mass is 345 g/mol. The highest BCUT2D eigenvalue weighted by Gasteiger charge is 2.31. The van der Waals surface area contributed by atoms with Crippen LogP contribution in [0.15, 0.2) is 24.3 Å². The van der Waals surface area contributed by atoms with Crippen LogP contribution < -0.4 is 10.6 Å². The third-order valence-corrected chi connectivity index (χ3v) is 4.56. The topological polar surface area (TPSA) is 87.7 Å². The average molecular weight is 345 g/mol. The molecule has 134 valence electrons. The Morgan fingerprint density at radius 1 is 1.12 bits per heavy atom. The van der Waals surface area contributed by atoms with Gasteiger partial charge >= 0.3 is 12.0 Å². The van der Waals surface area contributed by atoms with Crippen LogP contribution in [0.25, 0.3) is 0 Å². The lowest BCUT2D eigenvalue weighted by molar-refractivity contribution is -0.121. The minimum absolute atomic E-state index is 0.0672. The van der Waals surface area contributed by atoms with Gasteiger partial charge in [-0.25, -0.2) is 9.59 Å². The van der Waals surface area contributed by atoms with E-state index >= 15 is 0 Å². The Morgan fingerprint density at radius 2 is 1.84 bits per heavy atom. The van der Waals surface area contributed by atoms with Crippen molar-refractivity contribution >= 4 is 23.6 Å². The highest BCUT2D eigenvalue weighted by molar-refractivity contribution is 5.94. The van der Waals surface area contributed by atoms with Crippen LogP contribution in [0.4, 0.5) is 10.5 Å². The van der Waals surface area contributed by atoms with Gasteiger partial charge in [0.2, 0.25) is 5.91 Å². The number of carbonyl (C=O) groups excluding carboxylic acids is 3. The predicted octanol–water partition coefficient (Wildman–Crippen LogP) is 2.00. The lowest BCUT2D eigenvalue weighted by atomic mass is 9.97. The second-order valence-corrected chi connectivity index (χ2v) is 6.57. The maximum absolute atomic E-state index is 12.5. The molecule has 2 N–H and O–H groups in total. The molecule has 1 aromatic rings. The van der Waals surface area contributed by atoms with Gasteiger partial charge in [-0.3, -0.25) is 4.79 Å². The molecule has 1 unspecified atom stereocenters. The third kappa shape index (κ3) is 4.49. The lowest BCUT2D eigenvalue weighted by Gasteiger charge is -2.32. The molecule has 0 spiro atoms. The average Bonchev–Trinajstić information content (AvgIpc) is 3.45. The van der Waals surface area contributed by atoms with Crippen LogP contribution in [-0.4, -0.2) is 49.0 Å². The van der Waals surface area contributed by atoms with Crippen LogP contribution >= 0.6 is 0 Å². The van der Waals surface area contributed by atoms with Gasteiger partial charge in [-0.15, -0.1) is 0 Å². The zero-order chi connectivity index (χ0) is 17.8. The summed E-state index contributed by atoms with van der Waals surface area (Å²) in [4.78, 5) is 37.8. The SMILES string of the molecule is COC(=O)c1ccc(NC(=O)C2CCCN(C(=O)NC3CC3)C2)cc1. The number of methoxy groups -OCH3 is 1. The van der Waals surface area contributed by atoms with E-state index in [-0.39, 0.29) is 17.9 Å². The van der Waals surface area contributed by atoms with E-state index in [1.807, 2.05) is 0 Å². The Kier molecular flexibility index (Phi) is 5.21. The highest BCUT2D eigenvalue weighted by atomic mass is 16.5. The van der Waals surface area contributed by atoms with Crippen molar-refractivity contribution in [2.24, 2.45) is 5.92 Å². The lowest BCUT2D eigenvalue weighted by Crippen LogP contribution is -2.48. The third-order valence-electron chi connectivity index (χ3n) is 4.56. The Bertz CT molecular complexity index is 655. The molecule has 1 aromatic carbocycles. The van der Waals surface area contributed by atoms with Gasteiger partial charge in [-0.1, -0.05) is 0 Å². The zero-order valence-electron chi connectivity index (χ0n) is 14.3. The van der Waals surface area contributed by atoms with Crippen molar-refractivity contribution in [2.45, 2.75) is 31.7 Å². The Labute approximate surface area is 146 Å². The molecule has 1 saturated carbocycles. The number of benzene rings is 1. The van der Waals surface area contributed by atoms with Crippen LogP contribution in [0.2, 0.25) is 0 Å². The first-order chi connectivity index (χ1) is 12.1. The number of piperidine rings is 1. The molecular formula is C18H23N3O4. The molecule has 3 amide bonds. The van der Waals surface area contributed by atoms with Crippen molar-refractivity contribution in [2.75, 3.05) is 25.5 Å². The molecule has 2 fully saturated rings. The summed E-state index contributed by atoms with van der Waals surface area (Å²) in [6.07, 6.45) is 3.67. The molecule has 7 heteroatoms. The number of likely N-dealkylation sites (tertiary alicyclic amines) is 1. The molecule has 2 aliphatic rings. The van der Waals surface area contributed by atoms with E-state index in [0.29, 0.717) is 30.4 Å². The van der Waals surface area contributed by atoms with E-state index in [0.717, 1.165) is 25.7 Å². The van der Waals surface area contributed by atoms with Crippen LogP contribution in [0.3, 0.4) is 0 Å². The number of amides is 3. The summed E-state index contributed by atoms with van der Waals surface area (Å²) >= 11 is 0. The largest absolute Gasteiger partial charge is 0.465 e. The number of carbonyl (C=O) groups is 3. The van der Waals surface area contributed by atoms with Crippen molar-refractivity contribution in [3.63, 3.8) is 0 Å². The Morgan fingerprint density at radius 3 is 2.48 bits per heavy atom. The zero-order valence-corrected chi connectivity index (χ0v) is 14.3. The smallest absolute Gasteiger partial charge is 0.337 e. The van der Waals surface area contributed by atoms with Crippen molar-refractivity contribution < 1.29 is 19.1 Å². The van der Waals surface area contributed by atoms with Crippen molar-refractivity contribution in [1.29, 1.82) is 0 Å². The number of nitrogens with one attached hydrogen (secondary N) is 2. The summed E-state index contributed by atoms with van der Waals surface area (Å²) in [7, 11) is 1.33. The number of hydrogen-bond acceptors (Lipinski definition) is 4. The molecular weight excluding hydrogens is 322 g/mol. The van der Waals surface area contributed by atoms with Gasteiger partial charge in [0.25, 0.3) is 0 Å². The molecule has 1 aliphatic heterocycles. The van der Waals surface area contributed by atoms with Gasteiger partial charge in [0, 0.05) is 24.8 Å². The first-order valence-electron chi connectivity index (χ1n) is 8.61. The molecule has 3 rings (SSSR count). The summed E-state index contributed by atoms with van der Waals surface area (Å²) in [5.74, 6) is -0.740. The number of ether oxygens (including phenoxy) is 1. The molecule has 0 radical (unpaired) electrons. The number of rotatable bonds is 4. The summed E-state index contributed by atoms with van der Waals surface area (Å²) in [5, 5.41) is 5.83. The maximum Gasteiger partial charge on any atom is 0.337 e. The predicted molar refractivity (Wildman–Crippen MR) is 92.3 cm³/mol. The summed E-state index contributed by atoms with van der Waals surface area (Å²) in [6.45, 7) is 1.13. The second-order valence-electron chi connectivity index (χ2n) is 6.57. The summed E-state index contributed by atoms with van der Waals surface area (Å²) < 4.78 is 4.65. The normalized spacial score (nSPS) is 19.9. The van der Waals surface area contributed by atoms with Crippen LogP contribution in [0.1, 0.15) is 36.0 Å².